The van der Waals surface area contributed by atoms with Crippen molar-refractivity contribution in [1.29, 1.82) is 0 Å². The summed E-state index contributed by atoms with van der Waals surface area (Å²) < 4.78 is 13.6. The van der Waals surface area contributed by atoms with Crippen LogP contribution in [0, 0.1) is 23.6 Å². The van der Waals surface area contributed by atoms with Gasteiger partial charge in [-0.2, -0.15) is 0 Å². The van der Waals surface area contributed by atoms with Gasteiger partial charge >= 0.3 is 0 Å². The number of hydrogen-bond donors (Lipinski definition) is 2. The van der Waals surface area contributed by atoms with Crippen molar-refractivity contribution < 1.29 is 23.6 Å². The number of nitrogens with zero attached hydrogens (tertiary/aromatic N) is 2. The molecule has 0 aromatic heterocycles. The number of carbonyl (C=O) groups excluding carboxylic acids is 4. The number of rotatable bonds is 6. The van der Waals surface area contributed by atoms with Gasteiger partial charge in [0.05, 0.1) is 24.1 Å². The molecule has 3 aliphatic heterocycles. The fraction of sp³-hybridized carbons (Fsp3) is 0.312. The molecular formula is C32H31FN4O4. The van der Waals surface area contributed by atoms with Crippen molar-refractivity contribution in [3.05, 3.63) is 89.7 Å². The van der Waals surface area contributed by atoms with Crippen LogP contribution in [0.1, 0.15) is 38.3 Å². The quantitative estimate of drug-likeness (QED) is 0.442. The van der Waals surface area contributed by atoms with Gasteiger partial charge in [0.2, 0.25) is 17.7 Å². The third-order valence-corrected chi connectivity index (χ3v) is 8.29. The van der Waals surface area contributed by atoms with Gasteiger partial charge in [0.15, 0.2) is 0 Å². The summed E-state index contributed by atoms with van der Waals surface area (Å²) in [7, 11) is 0. The van der Waals surface area contributed by atoms with Gasteiger partial charge in [-0.3, -0.25) is 24.5 Å². The molecule has 0 radical (unpaired) electrons. The molecule has 0 bridgehead atoms. The predicted molar refractivity (Wildman–Crippen MR) is 152 cm³/mol. The van der Waals surface area contributed by atoms with Crippen LogP contribution in [0.5, 0.6) is 0 Å². The molecule has 4 atom stereocenters. The molecule has 0 unspecified atom stereocenters. The molecule has 2 N–H and O–H groups in total. The normalized spacial score (nSPS) is 24.9. The number of para-hydroxylation sites is 1. The zero-order valence-corrected chi connectivity index (χ0v) is 23.1. The molecule has 0 aliphatic carbocycles. The summed E-state index contributed by atoms with van der Waals surface area (Å²) >= 11 is 0. The van der Waals surface area contributed by atoms with E-state index in [4.69, 9.17) is 0 Å². The summed E-state index contributed by atoms with van der Waals surface area (Å²) in [5, 5.41) is 6.22. The van der Waals surface area contributed by atoms with Crippen molar-refractivity contribution in [1.82, 2.24) is 5.32 Å². The minimum Gasteiger partial charge on any atom is -0.326 e. The maximum absolute atomic E-state index is 14.5. The maximum atomic E-state index is 14.5. The minimum atomic E-state index is -1.42. The van der Waals surface area contributed by atoms with Crippen molar-refractivity contribution in [2.75, 3.05) is 15.1 Å². The lowest BCUT2D eigenvalue weighted by Gasteiger charge is -2.31. The lowest BCUT2D eigenvalue weighted by atomic mass is 9.76. The van der Waals surface area contributed by atoms with Gasteiger partial charge in [0, 0.05) is 29.9 Å². The molecule has 210 valence electrons. The van der Waals surface area contributed by atoms with Crippen LogP contribution in [-0.2, 0) is 31.3 Å². The van der Waals surface area contributed by atoms with Crippen molar-refractivity contribution >= 4 is 40.7 Å². The maximum Gasteiger partial charge on any atom is 0.253 e. The standard InChI is InChI=1S/C32H31FN4O4/c1-18(2)16-25-27-28(30(40)37(29(27)39)23-14-12-22(13-15-23)34-19(3)38)32(35-25)24-6-4-5-7-26(24)36(31(32)41)17-20-8-10-21(33)11-9-20/h4-15,18,25,27-28,35H,16-17H2,1-3H3,(H,34,38)/t25-,27-,28-,32-/m0/s1. The number of benzene rings is 3. The first-order valence-electron chi connectivity index (χ1n) is 13.8. The second-order valence-corrected chi connectivity index (χ2v) is 11.5. The molecule has 3 aromatic rings. The molecule has 2 saturated heterocycles. The van der Waals surface area contributed by atoms with Gasteiger partial charge < -0.3 is 10.2 Å². The Morgan fingerprint density at radius 2 is 1.66 bits per heavy atom. The summed E-state index contributed by atoms with van der Waals surface area (Å²) in [6.07, 6.45) is 0.602. The summed E-state index contributed by atoms with van der Waals surface area (Å²) in [5.41, 5.74) is 1.60. The monoisotopic (exact) mass is 554 g/mol. The SMILES string of the molecule is CC(=O)Nc1ccc(N2C(=O)[C@H]3[C@H](CC(C)C)N[C@]4(C(=O)N(Cc5ccc(F)cc5)c5ccccc54)[C@@H]3C2=O)cc1. The number of hydrogen-bond acceptors (Lipinski definition) is 5. The smallest absolute Gasteiger partial charge is 0.253 e. The average Bonchev–Trinajstić information content (AvgIpc) is 3.49. The van der Waals surface area contributed by atoms with Crippen LogP contribution in [0.4, 0.5) is 21.5 Å². The van der Waals surface area contributed by atoms with Crippen LogP contribution < -0.4 is 20.4 Å². The molecule has 3 heterocycles. The molecule has 9 heteroatoms. The van der Waals surface area contributed by atoms with Crippen LogP contribution in [0.2, 0.25) is 0 Å². The fourth-order valence-electron chi connectivity index (χ4n) is 6.74. The van der Waals surface area contributed by atoms with E-state index in [-0.39, 0.29) is 36.0 Å². The third kappa shape index (κ3) is 4.23. The molecule has 3 aromatic carbocycles. The van der Waals surface area contributed by atoms with Gasteiger partial charge in [0.1, 0.15) is 11.4 Å². The first kappa shape index (κ1) is 26.8. The molecule has 1 spiro atoms. The molecule has 6 rings (SSSR count). The first-order valence-corrected chi connectivity index (χ1v) is 13.8. The Morgan fingerprint density at radius 3 is 2.32 bits per heavy atom. The largest absolute Gasteiger partial charge is 0.326 e. The average molecular weight is 555 g/mol. The van der Waals surface area contributed by atoms with E-state index in [2.05, 4.69) is 10.6 Å². The van der Waals surface area contributed by atoms with E-state index in [1.807, 2.05) is 38.1 Å². The zero-order valence-electron chi connectivity index (χ0n) is 23.1. The zero-order chi connectivity index (χ0) is 29.1. The van der Waals surface area contributed by atoms with Gasteiger partial charge in [0.25, 0.3) is 5.91 Å². The molecule has 8 nitrogen and oxygen atoms in total. The minimum absolute atomic E-state index is 0.197. The van der Waals surface area contributed by atoms with Crippen molar-refractivity contribution in [2.24, 2.45) is 17.8 Å². The molecule has 41 heavy (non-hydrogen) atoms. The van der Waals surface area contributed by atoms with Crippen LogP contribution in [-0.4, -0.2) is 29.7 Å². The Balaban J connectivity index is 1.43. The van der Waals surface area contributed by atoms with Gasteiger partial charge in [-0.15, -0.1) is 0 Å². The Labute approximate surface area is 237 Å². The Kier molecular flexibility index (Phi) is 6.49. The summed E-state index contributed by atoms with van der Waals surface area (Å²) in [4.78, 5) is 57.2. The molecule has 3 aliphatic rings. The number of fused-ring (bicyclic) bond motifs is 4. The van der Waals surface area contributed by atoms with Crippen LogP contribution in [0.15, 0.2) is 72.8 Å². The first-order chi connectivity index (χ1) is 19.6. The van der Waals surface area contributed by atoms with Crippen LogP contribution >= 0.6 is 0 Å². The Bertz CT molecular complexity index is 1550. The van der Waals surface area contributed by atoms with E-state index in [1.165, 1.54) is 24.0 Å². The van der Waals surface area contributed by atoms with E-state index in [0.717, 1.165) is 5.56 Å². The van der Waals surface area contributed by atoms with Crippen molar-refractivity contribution in [3.8, 4) is 0 Å². The lowest BCUT2D eigenvalue weighted by Crippen LogP contribution is -2.55. The number of amides is 4. The highest BCUT2D eigenvalue weighted by atomic mass is 19.1. The van der Waals surface area contributed by atoms with Crippen molar-refractivity contribution in [2.45, 2.75) is 45.3 Å². The summed E-state index contributed by atoms with van der Waals surface area (Å²) in [6, 6.07) is 19.5. The lowest BCUT2D eigenvalue weighted by molar-refractivity contribution is -0.132. The van der Waals surface area contributed by atoms with E-state index >= 15 is 0 Å². The second-order valence-electron chi connectivity index (χ2n) is 11.5. The summed E-state index contributed by atoms with van der Waals surface area (Å²) in [6.45, 7) is 5.70. The van der Waals surface area contributed by atoms with Crippen LogP contribution in [0.3, 0.4) is 0 Å². The second kappa shape index (κ2) is 9.92. The number of nitrogens with one attached hydrogen (secondary N) is 2. The van der Waals surface area contributed by atoms with Gasteiger partial charge in [-0.1, -0.05) is 44.2 Å². The highest BCUT2D eigenvalue weighted by Gasteiger charge is 2.71. The molecule has 2 fully saturated rings. The van der Waals surface area contributed by atoms with Gasteiger partial charge in [-0.05, 0) is 60.4 Å². The van der Waals surface area contributed by atoms with E-state index < -0.39 is 29.3 Å². The summed E-state index contributed by atoms with van der Waals surface area (Å²) in [5.74, 6) is -3.14. The Hall–Kier alpha value is -4.37. The van der Waals surface area contributed by atoms with E-state index in [1.54, 1.807) is 41.3 Å². The topological polar surface area (TPSA) is 98.8 Å². The Morgan fingerprint density at radius 1 is 0.976 bits per heavy atom. The number of anilines is 3. The number of imide groups is 1. The van der Waals surface area contributed by atoms with Crippen molar-refractivity contribution in [3.63, 3.8) is 0 Å². The third-order valence-electron chi connectivity index (χ3n) is 8.29. The predicted octanol–water partition coefficient (Wildman–Crippen LogP) is 4.35. The number of halogens is 1. The molecule has 4 amide bonds. The molecule has 0 saturated carbocycles. The van der Waals surface area contributed by atoms with Crippen LogP contribution in [0.25, 0.3) is 0 Å². The molecular weight excluding hydrogens is 523 g/mol. The van der Waals surface area contributed by atoms with E-state index in [0.29, 0.717) is 29.0 Å². The highest BCUT2D eigenvalue weighted by Crippen LogP contribution is 2.56. The van der Waals surface area contributed by atoms with Gasteiger partial charge in [-0.25, -0.2) is 9.29 Å². The fourth-order valence-corrected chi connectivity index (χ4v) is 6.74. The highest BCUT2D eigenvalue weighted by molar-refractivity contribution is 6.26. The van der Waals surface area contributed by atoms with E-state index in [9.17, 15) is 23.6 Å². The number of carbonyl (C=O) groups is 4.